The molecule has 25 heavy (non-hydrogen) atoms. The van der Waals surface area contributed by atoms with Gasteiger partial charge in [0.1, 0.15) is 0 Å². The number of carbonyl (C=O) groups is 1. The summed E-state index contributed by atoms with van der Waals surface area (Å²) in [5.74, 6) is 1.44. The molecule has 0 bridgehead atoms. The Morgan fingerprint density at radius 1 is 1.00 bits per heavy atom. The summed E-state index contributed by atoms with van der Waals surface area (Å²) in [4.78, 5) is 13.3. The maximum absolute atomic E-state index is 13.3. The van der Waals surface area contributed by atoms with Crippen LogP contribution in [0.1, 0.15) is 34.5 Å². The van der Waals surface area contributed by atoms with Gasteiger partial charge in [0.2, 0.25) is 6.79 Å². The van der Waals surface area contributed by atoms with E-state index in [1.165, 1.54) is 5.56 Å². The minimum Gasteiger partial charge on any atom is -0.454 e. The van der Waals surface area contributed by atoms with Gasteiger partial charge in [0, 0.05) is 27.7 Å². The average Bonchev–Trinajstić information content (AvgIpc) is 3.21. The number of nitrogens with zero attached hydrogens (tertiary/aromatic N) is 1. The number of rotatable bonds is 1. The molecule has 0 saturated heterocycles. The maximum atomic E-state index is 13.3. The zero-order chi connectivity index (χ0) is 17.0. The molecule has 126 valence electrons. The monoisotopic (exact) mass is 353 g/mol. The van der Waals surface area contributed by atoms with Crippen molar-refractivity contribution in [3.63, 3.8) is 0 Å². The first kappa shape index (κ1) is 14.8. The van der Waals surface area contributed by atoms with Crippen molar-refractivity contribution < 1.29 is 14.3 Å². The molecule has 5 heteroatoms. The summed E-state index contributed by atoms with van der Waals surface area (Å²) in [5.41, 5.74) is 3.91. The minimum absolute atomic E-state index is 0.0244. The van der Waals surface area contributed by atoms with E-state index in [2.05, 4.69) is 0 Å². The smallest absolute Gasteiger partial charge is 0.262 e. The van der Waals surface area contributed by atoms with Crippen molar-refractivity contribution in [2.45, 2.75) is 25.7 Å². The molecule has 1 aromatic heterocycles. The summed E-state index contributed by atoms with van der Waals surface area (Å²) < 4.78 is 12.9. The van der Waals surface area contributed by atoms with Gasteiger partial charge >= 0.3 is 0 Å². The van der Waals surface area contributed by atoms with Crippen LogP contribution in [0.4, 0.5) is 0 Å². The van der Waals surface area contributed by atoms with Gasteiger partial charge < -0.3 is 9.47 Å². The van der Waals surface area contributed by atoms with Crippen molar-refractivity contribution >= 4 is 28.4 Å². The Kier molecular flexibility index (Phi) is 3.28. The molecule has 0 N–H and O–H groups in total. The Morgan fingerprint density at radius 2 is 1.72 bits per heavy atom. The van der Waals surface area contributed by atoms with Crippen LogP contribution >= 0.6 is 11.6 Å². The lowest BCUT2D eigenvalue weighted by Gasteiger charge is -2.15. The largest absolute Gasteiger partial charge is 0.454 e. The van der Waals surface area contributed by atoms with Crippen LogP contribution in [0.5, 0.6) is 11.5 Å². The number of hydrogen-bond acceptors (Lipinski definition) is 3. The molecule has 0 atom stereocenters. The van der Waals surface area contributed by atoms with Crippen LogP contribution in [-0.4, -0.2) is 17.3 Å². The molecule has 2 aromatic carbocycles. The number of halogens is 1. The second-order valence-corrected chi connectivity index (χ2v) is 6.94. The van der Waals surface area contributed by atoms with Crippen LogP contribution in [0.2, 0.25) is 5.02 Å². The van der Waals surface area contributed by atoms with Crippen molar-refractivity contribution in [2.75, 3.05) is 6.79 Å². The van der Waals surface area contributed by atoms with Gasteiger partial charge in [-0.2, -0.15) is 0 Å². The number of benzene rings is 2. The number of hydrogen-bond donors (Lipinski definition) is 0. The van der Waals surface area contributed by atoms with Gasteiger partial charge in [-0.25, -0.2) is 0 Å². The van der Waals surface area contributed by atoms with E-state index in [0.29, 0.717) is 16.3 Å². The number of carbonyl (C=O) groups excluding carboxylic acids is 1. The Hall–Kier alpha value is -2.46. The molecule has 1 aliphatic carbocycles. The molecule has 0 unspecified atom stereocenters. The van der Waals surface area contributed by atoms with E-state index in [1.807, 2.05) is 16.7 Å². The topological polar surface area (TPSA) is 40.5 Å². The van der Waals surface area contributed by atoms with Crippen LogP contribution in [0.15, 0.2) is 36.4 Å². The molecule has 0 fully saturated rings. The number of fused-ring (bicyclic) bond motifs is 4. The Bertz CT molecular complexity index is 1000. The van der Waals surface area contributed by atoms with Crippen molar-refractivity contribution in [2.24, 2.45) is 0 Å². The molecule has 2 aliphatic rings. The minimum atomic E-state index is -0.0244. The lowest BCUT2D eigenvalue weighted by molar-refractivity contribution is 0.0961. The van der Waals surface area contributed by atoms with Gasteiger partial charge in [-0.3, -0.25) is 9.36 Å². The van der Waals surface area contributed by atoms with Crippen LogP contribution in [0, 0.1) is 0 Å². The zero-order valence-electron chi connectivity index (χ0n) is 13.5. The van der Waals surface area contributed by atoms with Crippen LogP contribution in [-0.2, 0) is 12.8 Å². The molecule has 0 saturated carbocycles. The molecule has 0 radical (unpaired) electrons. The normalized spacial score (nSPS) is 15.4. The first-order chi connectivity index (χ1) is 12.2. The maximum Gasteiger partial charge on any atom is 0.262 e. The summed E-state index contributed by atoms with van der Waals surface area (Å²) in [5, 5.41) is 1.72. The first-order valence-electron chi connectivity index (χ1n) is 8.48. The predicted octanol–water partition coefficient (Wildman–Crippen LogP) is 4.59. The van der Waals surface area contributed by atoms with Crippen molar-refractivity contribution in [3.05, 3.63) is 58.2 Å². The molecular weight excluding hydrogens is 338 g/mol. The van der Waals surface area contributed by atoms with Crippen LogP contribution < -0.4 is 9.47 Å². The van der Waals surface area contributed by atoms with Crippen LogP contribution in [0.25, 0.3) is 10.9 Å². The summed E-state index contributed by atoms with van der Waals surface area (Å²) in [6.45, 7) is 0.231. The second kappa shape index (κ2) is 5.53. The highest BCUT2D eigenvalue weighted by molar-refractivity contribution is 6.30. The fraction of sp³-hybridized carbons (Fsp3) is 0.250. The van der Waals surface area contributed by atoms with Gasteiger partial charge in [0.05, 0.1) is 5.52 Å². The molecule has 5 rings (SSSR count). The summed E-state index contributed by atoms with van der Waals surface area (Å²) in [6, 6.07) is 11.0. The first-order valence-corrected chi connectivity index (χ1v) is 8.86. The number of aryl methyl sites for hydroxylation is 1. The van der Waals surface area contributed by atoms with E-state index in [-0.39, 0.29) is 12.7 Å². The van der Waals surface area contributed by atoms with Gasteiger partial charge in [-0.05, 0) is 61.6 Å². The fourth-order valence-electron chi connectivity index (χ4n) is 3.88. The molecule has 1 aliphatic heterocycles. The highest BCUT2D eigenvalue weighted by Crippen LogP contribution is 2.41. The quantitative estimate of drug-likeness (QED) is 0.642. The van der Waals surface area contributed by atoms with Gasteiger partial charge in [-0.1, -0.05) is 11.6 Å². The molecular formula is C20H16ClNO3. The molecule has 2 heterocycles. The van der Waals surface area contributed by atoms with Crippen molar-refractivity contribution in [1.82, 2.24) is 4.57 Å². The third-order valence-corrected chi connectivity index (χ3v) is 5.31. The third kappa shape index (κ3) is 2.24. The molecule has 0 spiro atoms. The van der Waals surface area contributed by atoms with E-state index < -0.39 is 0 Å². The Morgan fingerprint density at radius 3 is 2.52 bits per heavy atom. The van der Waals surface area contributed by atoms with E-state index >= 15 is 0 Å². The standard InChI is InChI=1S/C20H16ClNO3/c21-13-7-5-12(6-8-13)20(23)22-16-4-2-1-3-14(16)15-9-18-19(10-17(15)22)25-11-24-18/h5-10H,1-4,11H2. The van der Waals surface area contributed by atoms with E-state index in [4.69, 9.17) is 21.1 Å². The lowest BCUT2D eigenvalue weighted by atomic mass is 9.95. The van der Waals surface area contributed by atoms with E-state index in [9.17, 15) is 4.79 Å². The van der Waals surface area contributed by atoms with Gasteiger partial charge in [0.25, 0.3) is 5.91 Å². The summed E-state index contributed by atoms with van der Waals surface area (Å²) in [6.07, 6.45) is 4.15. The summed E-state index contributed by atoms with van der Waals surface area (Å²) >= 11 is 5.97. The van der Waals surface area contributed by atoms with E-state index in [1.54, 1.807) is 24.3 Å². The molecule has 0 amide bonds. The van der Waals surface area contributed by atoms with Crippen molar-refractivity contribution in [3.8, 4) is 11.5 Å². The lowest BCUT2D eigenvalue weighted by Crippen LogP contribution is -2.17. The second-order valence-electron chi connectivity index (χ2n) is 6.50. The SMILES string of the molecule is O=C(c1ccc(Cl)cc1)n1c2c(c3cc4c(cc31)OCO4)CCCC2. The van der Waals surface area contributed by atoms with Gasteiger partial charge in [-0.15, -0.1) is 0 Å². The Labute approximate surface area is 149 Å². The molecule has 4 nitrogen and oxygen atoms in total. The highest BCUT2D eigenvalue weighted by Gasteiger charge is 2.27. The van der Waals surface area contributed by atoms with Gasteiger partial charge in [0.15, 0.2) is 11.5 Å². The highest BCUT2D eigenvalue weighted by atomic mass is 35.5. The zero-order valence-corrected chi connectivity index (χ0v) is 14.3. The Balaban J connectivity index is 1.76. The van der Waals surface area contributed by atoms with Crippen LogP contribution in [0.3, 0.4) is 0 Å². The van der Waals surface area contributed by atoms with E-state index in [0.717, 1.165) is 48.0 Å². The average molecular weight is 354 g/mol. The predicted molar refractivity (Wildman–Crippen MR) is 95.9 cm³/mol. The summed E-state index contributed by atoms with van der Waals surface area (Å²) in [7, 11) is 0. The molecule has 3 aromatic rings. The number of aromatic nitrogens is 1. The van der Waals surface area contributed by atoms with Crippen molar-refractivity contribution in [1.29, 1.82) is 0 Å². The fourth-order valence-corrected chi connectivity index (χ4v) is 4.01. The number of ether oxygens (including phenoxy) is 2. The third-order valence-electron chi connectivity index (χ3n) is 5.06.